The van der Waals surface area contributed by atoms with Crippen molar-refractivity contribution in [1.29, 1.82) is 0 Å². The Morgan fingerprint density at radius 1 is 1.02 bits per heavy atom. The molecular weight excluding hydrogens is 614 g/mol. The minimum Gasteiger partial charge on any atom is -0.490 e. The van der Waals surface area contributed by atoms with Crippen molar-refractivity contribution < 1.29 is 24.5 Å². The Kier molecular flexibility index (Phi) is 9.35. The molecule has 3 aromatic rings. The highest BCUT2D eigenvalue weighted by molar-refractivity contribution is 6.30. The zero-order valence-corrected chi connectivity index (χ0v) is 27.6. The van der Waals surface area contributed by atoms with Crippen molar-refractivity contribution in [2.24, 2.45) is 0 Å². The Morgan fingerprint density at radius 3 is 2.62 bits per heavy atom. The molecule has 0 aromatic heterocycles. The van der Waals surface area contributed by atoms with Crippen molar-refractivity contribution >= 4 is 34.9 Å². The number of fused-ring (bicyclic) bond motifs is 3. The van der Waals surface area contributed by atoms with Crippen LogP contribution >= 0.6 is 11.6 Å². The van der Waals surface area contributed by atoms with Gasteiger partial charge in [-0.25, -0.2) is 4.79 Å². The number of ether oxygens (including phenoxy) is 1. The molecule has 2 bridgehead atoms. The molecule has 1 amide bonds. The maximum absolute atomic E-state index is 14.1. The highest BCUT2D eigenvalue weighted by atomic mass is 35.5. The molecule has 8 nitrogen and oxygen atoms in total. The number of rotatable bonds is 3. The smallest absolute Gasteiger partial charge is 0.335 e. The van der Waals surface area contributed by atoms with Gasteiger partial charge in [0.15, 0.2) is 5.60 Å². The van der Waals surface area contributed by atoms with Crippen molar-refractivity contribution in [2.45, 2.75) is 56.0 Å². The van der Waals surface area contributed by atoms with E-state index < -0.39 is 17.5 Å². The largest absolute Gasteiger partial charge is 0.490 e. The first-order valence-corrected chi connectivity index (χ1v) is 16.7. The molecule has 1 aliphatic carbocycles. The Bertz CT molecular complexity index is 1710. The predicted octanol–water partition coefficient (Wildman–Crippen LogP) is 6.91. The van der Waals surface area contributed by atoms with Gasteiger partial charge in [-0.2, -0.15) is 0 Å². The summed E-state index contributed by atoms with van der Waals surface area (Å²) in [5, 5.41) is 25.3. The zero-order chi connectivity index (χ0) is 33.2. The number of hydrogen-bond donors (Lipinski definition) is 3. The van der Waals surface area contributed by atoms with Crippen LogP contribution in [-0.4, -0.2) is 60.3 Å². The van der Waals surface area contributed by atoms with Crippen molar-refractivity contribution in [3.63, 3.8) is 0 Å². The fourth-order valence-corrected chi connectivity index (χ4v) is 7.32. The molecule has 47 heavy (non-hydrogen) atoms. The van der Waals surface area contributed by atoms with Crippen LogP contribution in [-0.2, 0) is 22.2 Å². The number of anilines is 2. The van der Waals surface area contributed by atoms with Gasteiger partial charge in [0.1, 0.15) is 5.75 Å². The average molecular weight is 656 g/mol. The number of aryl methyl sites for hydroxylation is 1. The SMILES string of the molecule is C=C1C[C@](O)(C(=O)Nc2ccc(C(=O)O)cc2)c2ccc3c(c2)N(CCCC/C=C/CN1C)C[C@@]1(CCCc2cc(Cl)ccc21)CO3. The number of carbonyl (C=O) groups excluding carboxylic acids is 1. The van der Waals surface area contributed by atoms with Crippen LogP contribution in [0.25, 0.3) is 0 Å². The molecule has 1 spiro atoms. The lowest BCUT2D eigenvalue weighted by Gasteiger charge is -2.41. The van der Waals surface area contributed by atoms with Gasteiger partial charge in [0.05, 0.1) is 17.9 Å². The van der Waals surface area contributed by atoms with Crippen molar-refractivity contribution in [3.8, 4) is 5.75 Å². The molecular formula is C38H42ClN3O5. The summed E-state index contributed by atoms with van der Waals surface area (Å²) in [5.41, 5.74) is 2.69. The van der Waals surface area contributed by atoms with Gasteiger partial charge in [0.25, 0.3) is 5.91 Å². The van der Waals surface area contributed by atoms with E-state index in [1.165, 1.54) is 35.4 Å². The molecule has 0 radical (unpaired) electrons. The number of carboxylic acid groups (broad SMARTS) is 1. The lowest BCUT2D eigenvalue weighted by molar-refractivity contribution is -0.135. The van der Waals surface area contributed by atoms with Crippen LogP contribution in [0.3, 0.4) is 0 Å². The van der Waals surface area contributed by atoms with Gasteiger partial charge < -0.3 is 30.1 Å². The molecule has 6 rings (SSSR count). The topological polar surface area (TPSA) is 102 Å². The van der Waals surface area contributed by atoms with E-state index in [0.717, 1.165) is 68.1 Å². The van der Waals surface area contributed by atoms with Crippen molar-refractivity contribution in [2.75, 3.05) is 43.5 Å². The van der Waals surface area contributed by atoms with Crippen LogP contribution < -0.4 is 15.0 Å². The van der Waals surface area contributed by atoms with Crippen molar-refractivity contribution in [1.82, 2.24) is 4.90 Å². The number of nitrogens with one attached hydrogen (secondary N) is 1. The number of aliphatic hydroxyl groups is 1. The van der Waals surface area contributed by atoms with Gasteiger partial charge in [-0.05, 0) is 104 Å². The summed E-state index contributed by atoms with van der Waals surface area (Å²) in [6, 6.07) is 17.6. The quantitative estimate of drug-likeness (QED) is 0.264. The summed E-state index contributed by atoms with van der Waals surface area (Å²) >= 11 is 6.42. The number of allylic oxidation sites excluding steroid dienone is 1. The minimum atomic E-state index is -1.99. The van der Waals surface area contributed by atoms with Crippen LogP contribution in [0.1, 0.15) is 65.6 Å². The Hall–Kier alpha value is -4.27. The highest BCUT2D eigenvalue weighted by Gasteiger charge is 2.44. The zero-order valence-electron chi connectivity index (χ0n) is 26.8. The standard InChI is InChI=1S/C38H42ClN3O5/c1-26-23-38(46,36(45)40-31-14-10-27(11-15-31)35(43)44)29-12-17-34-33(22-29)42(20-7-5-3-4-6-19-41(26)2)24-37(25-47-34)18-8-9-28-21-30(39)13-16-32(28)37/h4,6,10-17,21-22,46H,1,3,5,7-9,18-20,23-25H2,2H3,(H,40,45)(H,43,44)/b6-4+/t37-,38+/m0/s1. The molecule has 0 fully saturated rings. The van der Waals surface area contributed by atoms with Gasteiger partial charge in [-0.1, -0.05) is 42.5 Å². The maximum atomic E-state index is 14.1. The van der Waals surface area contributed by atoms with Crippen LogP contribution in [0.2, 0.25) is 5.02 Å². The molecule has 2 heterocycles. The number of aromatic carboxylic acids is 1. The molecule has 0 saturated heterocycles. The summed E-state index contributed by atoms with van der Waals surface area (Å²) < 4.78 is 6.63. The molecule has 0 saturated carbocycles. The molecule has 246 valence electrons. The number of likely N-dealkylation sites (N-methyl/N-ethyl adjacent to an activating group) is 1. The monoisotopic (exact) mass is 655 g/mol. The lowest BCUT2D eigenvalue weighted by atomic mass is 9.70. The van der Waals surface area contributed by atoms with Gasteiger partial charge >= 0.3 is 5.97 Å². The first kappa shape index (κ1) is 32.7. The average Bonchev–Trinajstić information content (AvgIpc) is 3.20. The highest BCUT2D eigenvalue weighted by Crippen LogP contribution is 2.46. The van der Waals surface area contributed by atoms with E-state index in [9.17, 15) is 19.8 Å². The fourth-order valence-electron chi connectivity index (χ4n) is 7.13. The maximum Gasteiger partial charge on any atom is 0.335 e. The van der Waals surface area contributed by atoms with Crippen molar-refractivity contribution in [3.05, 3.63) is 112 Å². The van der Waals surface area contributed by atoms with Gasteiger partial charge in [0.2, 0.25) is 0 Å². The van der Waals surface area contributed by atoms with E-state index in [0.29, 0.717) is 30.1 Å². The van der Waals surface area contributed by atoms with E-state index in [1.54, 1.807) is 6.07 Å². The fraction of sp³-hybridized carbons (Fsp3) is 0.368. The number of carbonyl (C=O) groups is 2. The van der Waals surface area contributed by atoms with Crippen LogP contribution in [0, 0.1) is 0 Å². The van der Waals surface area contributed by atoms with E-state index in [4.69, 9.17) is 16.3 Å². The minimum absolute atomic E-state index is 0.0475. The van der Waals surface area contributed by atoms with E-state index in [2.05, 4.69) is 41.1 Å². The molecule has 2 atom stereocenters. The normalized spacial score (nSPS) is 23.9. The Balaban J connectivity index is 1.41. The lowest BCUT2D eigenvalue weighted by Crippen LogP contribution is -2.46. The van der Waals surface area contributed by atoms with E-state index >= 15 is 0 Å². The number of halogens is 1. The van der Waals surface area contributed by atoms with Gasteiger partial charge in [0, 0.05) is 54.9 Å². The second-order valence-corrected chi connectivity index (χ2v) is 13.6. The summed E-state index contributed by atoms with van der Waals surface area (Å²) in [5.74, 6) is -0.972. The number of amides is 1. The molecule has 3 N–H and O–H groups in total. The number of nitrogens with zero attached hydrogens (tertiary/aromatic N) is 2. The summed E-state index contributed by atoms with van der Waals surface area (Å²) in [6.45, 7) is 6.90. The Morgan fingerprint density at radius 2 is 1.83 bits per heavy atom. The van der Waals surface area contributed by atoms with Gasteiger partial charge in [-0.15, -0.1) is 0 Å². The molecule has 0 unspecified atom stereocenters. The third-order valence-corrected chi connectivity index (χ3v) is 10.1. The molecule has 3 aromatic carbocycles. The van der Waals surface area contributed by atoms with Crippen LogP contribution in [0.5, 0.6) is 5.75 Å². The van der Waals surface area contributed by atoms with Crippen LogP contribution in [0.4, 0.5) is 11.4 Å². The predicted molar refractivity (Wildman–Crippen MR) is 186 cm³/mol. The third-order valence-electron chi connectivity index (χ3n) is 9.87. The van der Waals surface area contributed by atoms with E-state index in [-0.39, 0.29) is 17.4 Å². The first-order chi connectivity index (χ1) is 22.6. The van der Waals surface area contributed by atoms with Crippen LogP contribution in [0.15, 0.2) is 85.1 Å². The molecule has 2 aliphatic heterocycles. The third kappa shape index (κ3) is 6.76. The Labute approximate surface area is 281 Å². The second kappa shape index (κ2) is 13.5. The molecule has 9 heteroatoms. The first-order valence-electron chi connectivity index (χ1n) is 16.3. The summed E-state index contributed by atoms with van der Waals surface area (Å²) in [7, 11) is 1.90. The second-order valence-electron chi connectivity index (χ2n) is 13.1. The number of benzene rings is 3. The summed E-state index contributed by atoms with van der Waals surface area (Å²) in [4.78, 5) is 29.8. The van der Waals surface area contributed by atoms with E-state index in [1.807, 2.05) is 30.1 Å². The molecule has 3 aliphatic rings. The number of carboxylic acids is 1. The summed E-state index contributed by atoms with van der Waals surface area (Å²) in [6.07, 6.45) is 10.2. The number of hydrogen-bond acceptors (Lipinski definition) is 6. The van der Waals surface area contributed by atoms with Gasteiger partial charge in [-0.3, -0.25) is 4.79 Å².